The van der Waals surface area contributed by atoms with Crippen molar-refractivity contribution in [2.75, 3.05) is 12.0 Å². The van der Waals surface area contributed by atoms with E-state index in [1.165, 1.54) is 0 Å². The highest BCUT2D eigenvalue weighted by atomic mass is 79.9. The van der Waals surface area contributed by atoms with Crippen LogP contribution >= 0.6 is 39.0 Å². The molecule has 0 radical (unpaired) electrons. The van der Waals surface area contributed by atoms with Gasteiger partial charge in [-0.1, -0.05) is 5.16 Å². The highest BCUT2D eigenvalue weighted by molar-refractivity contribution is 9.10. The number of nitrogens with zero attached hydrogens (tertiary/aromatic N) is 2. The van der Waals surface area contributed by atoms with E-state index in [9.17, 15) is 0 Å². The summed E-state index contributed by atoms with van der Waals surface area (Å²) in [5.41, 5.74) is 5.96. The van der Waals surface area contributed by atoms with E-state index in [1.54, 1.807) is 23.1 Å². The number of hydrogen-bond acceptors (Lipinski definition) is 6. The molecule has 0 spiro atoms. The summed E-state index contributed by atoms with van der Waals surface area (Å²) in [4.78, 5) is 5.30. The Kier molecular flexibility index (Phi) is 4.61. The third-order valence-corrected chi connectivity index (χ3v) is 4.51. The van der Waals surface area contributed by atoms with Crippen LogP contribution < -0.4 is 5.73 Å². The zero-order chi connectivity index (χ0) is 12.3. The van der Waals surface area contributed by atoms with Crippen molar-refractivity contribution < 1.29 is 4.52 Å². The van der Waals surface area contributed by atoms with Crippen molar-refractivity contribution in [3.05, 3.63) is 21.8 Å². The smallest absolute Gasteiger partial charge is 0.243 e. The van der Waals surface area contributed by atoms with Gasteiger partial charge in [-0.25, -0.2) is 0 Å². The Labute approximate surface area is 116 Å². The van der Waals surface area contributed by atoms with Crippen molar-refractivity contribution in [1.82, 2.24) is 10.1 Å². The monoisotopic (exact) mass is 333 g/mol. The maximum atomic E-state index is 5.96. The molecule has 17 heavy (non-hydrogen) atoms. The standard InChI is InChI=1S/C10H12BrN3OS2/c1-16-3-2-7(12)10-13-9(14-15-10)8-4-6(11)5-17-8/h4-5,7H,2-3,12H2,1H3. The van der Waals surface area contributed by atoms with Gasteiger partial charge in [0.1, 0.15) is 0 Å². The van der Waals surface area contributed by atoms with Gasteiger partial charge < -0.3 is 10.3 Å². The van der Waals surface area contributed by atoms with Crippen LogP contribution in [0.2, 0.25) is 0 Å². The van der Waals surface area contributed by atoms with Gasteiger partial charge in [-0.05, 0) is 40.4 Å². The van der Waals surface area contributed by atoms with Crippen LogP contribution in [0, 0.1) is 0 Å². The van der Waals surface area contributed by atoms with Gasteiger partial charge >= 0.3 is 0 Å². The minimum absolute atomic E-state index is 0.174. The number of halogens is 1. The molecule has 2 rings (SSSR count). The van der Waals surface area contributed by atoms with E-state index in [0.29, 0.717) is 11.7 Å². The summed E-state index contributed by atoms with van der Waals surface area (Å²) >= 11 is 6.72. The van der Waals surface area contributed by atoms with Crippen molar-refractivity contribution in [3.8, 4) is 10.7 Å². The van der Waals surface area contributed by atoms with Crippen molar-refractivity contribution in [2.24, 2.45) is 5.73 Å². The molecule has 7 heteroatoms. The first kappa shape index (κ1) is 13.1. The van der Waals surface area contributed by atoms with Gasteiger partial charge in [0.25, 0.3) is 0 Å². The summed E-state index contributed by atoms with van der Waals surface area (Å²) in [5.74, 6) is 2.11. The van der Waals surface area contributed by atoms with Crippen molar-refractivity contribution in [1.29, 1.82) is 0 Å². The Bertz CT molecular complexity index is 485. The van der Waals surface area contributed by atoms with E-state index < -0.39 is 0 Å². The number of rotatable bonds is 5. The second kappa shape index (κ2) is 5.99. The second-order valence-electron chi connectivity index (χ2n) is 3.47. The lowest BCUT2D eigenvalue weighted by molar-refractivity contribution is 0.353. The predicted molar refractivity (Wildman–Crippen MR) is 75.2 cm³/mol. The molecular weight excluding hydrogens is 322 g/mol. The highest BCUT2D eigenvalue weighted by Crippen LogP contribution is 2.28. The molecule has 92 valence electrons. The fraction of sp³-hybridized carbons (Fsp3) is 0.400. The third-order valence-electron chi connectivity index (χ3n) is 2.18. The topological polar surface area (TPSA) is 64.9 Å². The van der Waals surface area contributed by atoms with Crippen LogP contribution in [-0.2, 0) is 0 Å². The molecule has 0 aliphatic heterocycles. The van der Waals surface area contributed by atoms with Crippen molar-refractivity contribution >= 4 is 39.0 Å². The molecular formula is C10H12BrN3OS2. The molecule has 0 saturated carbocycles. The van der Waals surface area contributed by atoms with Crippen LogP contribution in [0.25, 0.3) is 10.7 Å². The van der Waals surface area contributed by atoms with E-state index in [2.05, 4.69) is 32.3 Å². The summed E-state index contributed by atoms with van der Waals surface area (Å²) in [6.45, 7) is 0. The zero-order valence-electron chi connectivity index (χ0n) is 9.22. The average molecular weight is 334 g/mol. The molecule has 1 unspecified atom stereocenters. The number of nitrogens with two attached hydrogens (primary N) is 1. The maximum absolute atomic E-state index is 5.96. The van der Waals surface area contributed by atoms with Gasteiger partial charge in [0, 0.05) is 9.85 Å². The molecule has 0 aromatic carbocycles. The minimum Gasteiger partial charge on any atom is -0.337 e. The van der Waals surface area contributed by atoms with E-state index in [1.807, 2.05) is 11.4 Å². The van der Waals surface area contributed by atoms with Gasteiger partial charge in [-0.15, -0.1) is 11.3 Å². The van der Waals surface area contributed by atoms with Crippen LogP contribution in [0.4, 0.5) is 0 Å². The number of thiophene rings is 1. The average Bonchev–Trinajstić information content (AvgIpc) is 2.93. The molecule has 0 saturated heterocycles. The first-order valence-electron chi connectivity index (χ1n) is 5.03. The van der Waals surface area contributed by atoms with Crippen LogP contribution in [0.1, 0.15) is 18.4 Å². The summed E-state index contributed by atoms with van der Waals surface area (Å²) in [5, 5.41) is 5.93. The summed E-state index contributed by atoms with van der Waals surface area (Å²) < 4.78 is 6.21. The first-order chi connectivity index (χ1) is 8.20. The van der Waals surface area contributed by atoms with Crippen LogP contribution in [0.5, 0.6) is 0 Å². The summed E-state index contributed by atoms with van der Waals surface area (Å²) in [6.07, 6.45) is 2.89. The van der Waals surface area contributed by atoms with E-state index in [0.717, 1.165) is 21.5 Å². The molecule has 2 heterocycles. The van der Waals surface area contributed by atoms with Gasteiger partial charge in [0.2, 0.25) is 11.7 Å². The molecule has 1 atom stereocenters. The Morgan fingerprint density at radius 3 is 3.12 bits per heavy atom. The van der Waals surface area contributed by atoms with Crippen molar-refractivity contribution in [2.45, 2.75) is 12.5 Å². The molecule has 0 amide bonds. The summed E-state index contributed by atoms with van der Waals surface area (Å²) in [7, 11) is 0. The third kappa shape index (κ3) is 3.31. The quantitative estimate of drug-likeness (QED) is 0.909. The molecule has 0 aliphatic rings. The van der Waals surface area contributed by atoms with Gasteiger partial charge in [-0.3, -0.25) is 0 Å². The molecule has 2 aromatic rings. The minimum atomic E-state index is -0.174. The largest absolute Gasteiger partial charge is 0.337 e. The highest BCUT2D eigenvalue weighted by Gasteiger charge is 2.16. The Morgan fingerprint density at radius 1 is 1.65 bits per heavy atom. The Hall–Kier alpha value is -0.370. The van der Waals surface area contributed by atoms with Gasteiger partial charge in [0.15, 0.2) is 0 Å². The molecule has 0 fully saturated rings. The Morgan fingerprint density at radius 2 is 2.47 bits per heavy atom. The SMILES string of the molecule is CSCCC(N)c1nc(-c2cc(Br)cs2)no1. The lowest BCUT2D eigenvalue weighted by atomic mass is 10.2. The fourth-order valence-corrected chi connectivity index (χ4v) is 3.13. The molecule has 4 nitrogen and oxygen atoms in total. The van der Waals surface area contributed by atoms with Crippen LogP contribution in [0.3, 0.4) is 0 Å². The number of thioether (sulfide) groups is 1. The number of hydrogen-bond donors (Lipinski definition) is 1. The molecule has 2 N–H and O–H groups in total. The normalized spacial score (nSPS) is 12.9. The molecule has 0 aliphatic carbocycles. The van der Waals surface area contributed by atoms with Crippen LogP contribution in [-0.4, -0.2) is 22.1 Å². The predicted octanol–water partition coefficient (Wildman–Crippen LogP) is 3.31. The van der Waals surface area contributed by atoms with E-state index >= 15 is 0 Å². The second-order valence-corrected chi connectivity index (χ2v) is 6.29. The zero-order valence-corrected chi connectivity index (χ0v) is 12.4. The summed E-state index contributed by atoms with van der Waals surface area (Å²) in [6, 6.07) is 1.79. The van der Waals surface area contributed by atoms with Crippen LogP contribution in [0.15, 0.2) is 20.4 Å². The van der Waals surface area contributed by atoms with E-state index in [-0.39, 0.29) is 6.04 Å². The van der Waals surface area contributed by atoms with Gasteiger partial charge in [-0.2, -0.15) is 16.7 Å². The van der Waals surface area contributed by atoms with E-state index in [4.69, 9.17) is 10.3 Å². The fourth-order valence-electron chi connectivity index (χ4n) is 1.28. The molecule has 0 bridgehead atoms. The molecule has 2 aromatic heterocycles. The maximum Gasteiger partial charge on any atom is 0.243 e. The van der Waals surface area contributed by atoms with Gasteiger partial charge in [0.05, 0.1) is 10.9 Å². The first-order valence-corrected chi connectivity index (χ1v) is 8.10. The Balaban J connectivity index is 2.10. The lowest BCUT2D eigenvalue weighted by Crippen LogP contribution is -2.11. The lowest BCUT2D eigenvalue weighted by Gasteiger charge is -2.03. The number of aromatic nitrogens is 2. The van der Waals surface area contributed by atoms with Crippen molar-refractivity contribution in [3.63, 3.8) is 0 Å².